The van der Waals surface area contributed by atoms with Crippen molar-refractivity contribution >= 4 is 17.9 Å². The van der Waals surface area contributed by atoms with Gasteiger partial charge in [0, 0.05) is 19.3 Å². The highest BCUT2D eigenvalue weighted by molar-refractivity contribution is 5.71. The smallest absolute Gasteiger partial charge is 0.306 e. The van der Waals surface area contributed by atoms with Crippen molar-refractivity contribution in [3.63, 3.8) is 0 Å². The van der Waals surface area contributed by atoms with Crippen LogP contribution in [0, 0.1) is 0 Å². The van der Waals surface area contributed by atoms with Gasteiger partial charge in [-0.15, -0.1) is 0 Å². The summed E-state index contributed by atoms with van der Waals surface area (Å²) in [7, 11) is 0. The summed E-state index contributed by atoms with van der Waals surface area (Å²) in [5, 5.41) is 0. The van der Waals surface area contributed by atoms with Crippen molar-refractivity contribution < 1.29 is 28.6 Å². The van der Waals surface area contributed by atoms with E-state index in [0.29, 0.717) is 19.3 Å². The second-order valence-corrected chi connectivity index (χ2v) is 18.5. The fourth-order valence-corrected chi connectivity index (χ4v) is 7.72. The maximum atomic E-state index is 12.8. The average molecular weight is 921 g/mol. The van der Waals surface area contributed by atoms with Crippen LogP contribution in [0.25, 0.3) is 0 Å². The van der Waals surface area contributed by atoms with Crippen molar-refractivity contribution in [2.75, 3.05) is 13.2 Å². The van der Waals surface area contributed by atoms with Gasteiger partial charge in [0.25, 0.3) is 0 Å². The molecule has 0 aromatic carbocycles. The number of hydrogen-bond donors (Lipinski definition) is 0. The minimum atomic E-state index is -0.802. The quantitative estimate of drug-likeness (QED) is 0.0262. The number of ether oxygens (including phenoxy) is 3. The Morgan fingerprint density at radius 3 is 0.970 bits per heavy atom. The van der Waals surface area contributed by atoms with Crippen molar-refractivity contribution in [2.45, 2.75) is 277 Å². The van der Waals surface area contributed by atoms with Gasteiger partial charge in [-0.3, -0.25) is 14.4 Å². The van der Waals surface area contributed by atoms with Crippen LogP contribution in [0.4, 0.5) is 0 Å². The van der Waals surface area contributed by atoms with Gasteiger partial charge in [0.05, 0.1) is 0 Å². The highest BCUT2D eigenvalue weighted by atomic mass is 16.6. The van der Waals surface area contributed by atoms with E-state index in [2.05, 4.69) is 93.7 Å². The van der Waals surface area contributed by atoms with Crippen LogP contribution in [0.2, 0.25) is 0 Å². The van der Waals surface area contributed by atoms with Gasteiger partial charge in [0.1, 0.15) is 13.2 Å². The molecule has 0 spiro atoms. The van der Waals surface area contributed by atoms with E-state index >= 15 is 0 Å². The first-order valence-corrected chi connectivity index (χ1v) is 27.9. The molecule has 0 aromatic heterocycles. The number of esters is 3. The molecule has 0 aliphatic rings. The van der Waals surface area contributed by atoms with E-state index in [1.807, 2.05) is 0 Å². The summed E-state index contributed by atoms with van der Waals surface area (Å²) in [4.78, 5) is 38.1. The van der Waals surface area contributed by atoms with Crippen LogP contribution in [0.1, 0.15) is 271 Å². The van der Waals surface area contributed by atoms with Gasteiger partial charge in [-0.25, -0.2) is 0 Å². The molecule has 0 saturated heterocycles. The maximum absolute atomic E-state index is 12.8. The van der Waals surface area contributed by atoms with Crippen molar-refractivity contribution in [3.05, 3.63) is 72.9 Å². The van der Waals surface area contributed by atoms with E-state index < -0.39 is 6.10 Å². The van der Waals surface area contributed by atoms with Gasteiger partial charge in [0.2, 0.25) is 0 Å². The molecule has 0 heterocycles. The Hall–Kier alpha value is -3.15. The van der Waals surface area contributed by atoms with Crippen LogP contribution in [0.15, 0.2) is 72.9 Å². The minimum absolute atomic E-state index is 0.0965. The molecule has 0 amide bonds. The fraction of sp³-hybridized carbons (Fsp3) is 0.750. The maximum Gasteiger partial charge on any atom is 0.306 e. The molecule has 1 atom stereocenters. The summed E-state index contributed by atoms with van der Waals surface area (Å²) < 4.78 is 16.8. The standard InChI is InChI=1S/C60H104O6/c1-4-7-10-13-16-19-22-25-28-29-30-33-35-38-41-44-47-50-53-59(62)65-56-57(66-60(63)54-51-48-45-42-39-36-32-27-24-21-18-15-12-9-6-3)55-64-58(61)52-49-46-43-40-37-34-31-26-23-20-17-14-11-8-5-2/h9,12,18,21,26-29,31-32,39,42,57H,4-8,10-11,13-17,19-20,22-25,30,33-38,40-41,43-56H2,1-3H3/b12-9-,21-18-,29-28-,31-26-,32-27-,42-39-. The average Bonchev–Trinajstić information content (AvgIpc) is 3.31. The molecule has 0 bridgehead atoms. The van der Waals surface area contributed by atoms with Crippen LogP contribution < -0.4 is 0 Å². The number of carbonyl (C=O) groups is 3. The van der Waals surface area contributed by atoms with Crippen molar-refractivity contribution in [1.29, 1.82) is 0 Å². The summed E-state index contributed by atoms with van der Waals surface area (Å²) in [6.45, 7) is 6.49. The number of unbranched alkanes of at least 4 members (excludes halogenated alkanes) is 27. The number of carbonyl (C=O) groups excluding carboxylic acids is 3. The van der Waals surface area contributed by atoms with Crippen LogP contribution in [0.3, 0.4) is 0 Å². The molecule has 0 rings (SSSR count). The molecule has 66 heavy (non-hydrogen) atoms. The third kappa shape index (κ3) is 51.8. The van der Waals surface area contributed by atoms with E-state index in [-0.39, 0.29) is 37.5 Å². The minimum Gasteiger partial charge on any atom is -0.462 e. The Balaban J connectivity index is 4.44. The molecule has 0 aliphatic heterocycles. The first-order chi connectivity index (χ1) is 32.5. The predicted octanol–water partition coefficient (Wildman–Crippen LogP) is 18.6. The van der Waals surface area contributed by atoms with Crippen LogP contribution in [0.5, 0.6) is 0 Å². The second kappa shape index (κ2) is 54.5. The lowest BCUT2D eigenvalue weighted by atomic mass is 10.1. The summed E-state index contributed by atoms with van der Waals surface area (Å²) in [6.07, 6.45) is 68.9. The zero-order valence-electron chi connectivity index (χ0n) is 43.4. The SMILES string of the molecule is CC/C=C\C/C=C\C/C=C\C/C=C\CCCCC(=O)OC(COC(=O)CCCCCCC/C=C\CCCCCCCC)COC(=O)CCCCCCCCC/C=C\CCCCCCCCC. The van der Waals surface area contributed by atoms with E-state index in [1.165, 1.54) is 141 Å². The summed E-state index contributed by atoms with van der Waals surface area (Å²) in [5.74, 6) is -0.945. The Morgan fingerprint density at radius 1 is 0.318 bits per heavy atom. The topological polar surface area (TPSA) is 78.9 Å². The molecule has 0 aliphatic carbocycles. The molecular formula is C60H104O6. The van der Waals surface area contributed by atoms with Crippen molar-refractivity contribution in [3.8, 4) is 0 Å². The summed E-state index contributed by atoms with van der Waals surface area (Å²) in [5.41, 5.74) is 0. The molecule has 0 fully saturated rings. The largest absolute Gasteiger partial charge is 0.462 e. The van der Waals surface area contributed by atoms with Crippen molar-refractivity contribution in [1.82, 2.24) is 0 Å². The lowest BCUT2D eigenvalue weighted by molar-refractivity contribution is -0.167. The first kappa shape index (κ1) is 62.8. The zero-order valence-corrected chi connectivity index (χ0v) is 43.4. The molecule has 6 nitrogen and oxygen atoms in total. The lowest BCUT2D eigenvalue weighted by Crippen LogP contribution is -2.30. The van der Waals surface area contributed by atoms with Gasteiger partial charge in [-0.2, -0.15) is 0 Å². The number of hydrogen-bond acceptors (Lipinski definition) is 6. The van der Waals surface area contributed by atoms with Gasteiger partial charge in [0.15, 0.2) is 6.10 Å². The highest BCUT2D eigenvalue weighted by Crippen LogP contribution is 2.14. The van der Waals surface area contributed by atoms with E-state index in [9.17, 15) is 14.4 Å². The normalized spacial score (nSPS) is 12.6. The molecule has 0 aromatic rings. The Kier molecular flexibility index (Phi) is 51.9. The van der Waals surface area contributed by atoms with E-state index in [1.54, 1.807) is 0 Å². The Bertz CT molecular complexity index is 1240. The van der Waals surface area contributed by atoms with Crippen molar-refractivity contribution in [2.24, 2.45) is 0 Å². The lowest BCUT2D eigenvalue weighted by Gasteiger charge is -2.18. The molecule has 1 unspecified atom stereocenters. The monoisotopic (exact) mass is 921 g/mol. The van der Waals surface area contributed by atoms with E-state index in [0.717, 1.165) is 83.5 Å². The van der Waals surface area contributed by atoms with Gasteiger partial charge >= 0.3 is 17.9 Å². The molecule has 0 radical (unpaired) electrons. The van der Waals surface area contributed by atoms with Gasteiger partial charge < -0.3 is 14.2 Å². The summed E-state index contributed by atoms with van der Waals surface area (Å²) >= 11 is 0. The fourth-order valence-electron chi connectivity index (χ4n) is 7.72. The van der Waals surface area contributed by atoms with Gasteiger partial charge in [-0.05, 0) is 109 Å². The van der Waals surface area contributed by atoms with Crippen LogP contribution in [-0.2, 0) is 28.6 Å². The third-order valence-corrected chi connectivity index (χ3v) is 11.9. The second-order valence-electron chi connectivity index (χ2n) is 18.5. The molecular weight excluding hydrogens is 817 g/mol. The zero-order chi connectivity index (χ0) is 47.9. The molecule has 0 N–H and O–H groups in total. The highest BCUT2D eigenvalue weighted by Gasteiger charge is 2.19. The third-order valence-electron chi connectivity index (χ3n) is 11.9. The number of allylic oxidation sites excluding steroid dienone is 12. The predicted molar refractivity (Wildman–Crippen MR) is 284 cm³/mol. The van der Waals surface area contributed by atoms with E-state index in [4.69, 9.17) is 14.2 Å². The van der Waals surface area contributed by atoms with Crippen LogP contribution in [-0.4, -0.2) is 37.2 Å². The first-order valence-electron chi connectivity index (χ1n) is 27.9. The molecule has 6 heteroatoms. The molecule has 380 valence electrons. The van der Waals surface area contributed by atoms with Gasteiger partial charge in [-0.1, -0.05) is 216 Å². The Morgan fingerprint density at radius 2 is 0.591 bits per heavy atom. The molecule has 0 saturated carbocycles. The van der Waals surface area contributed by atoms with Crippen LogP contribution >= 0.6 is 0 Å². The number of rotatable bonds is 50. The summed E-state index contributed by atoms with van der Waals surface area (Å²) in [6, 6.07) is 0. The Labute approximate surface area is 408 Å².